The van der Waals surface area contributed by atoms with Crippen molar-refractivity contribution in [2.75, 3.05) is 0 Å². The third-order valence-corrected chi connectivity index (χ3v) is 1.49. The zero-order valence-electron chi connectivity index (χ0n) is 5.76. The molecule has 56 valence electrons. The summed E-state index contributed by atoms with van der Waals surface area (Å²) in [4.78, 5) is 21.2. The van der Waals surface area contributed by atoms with Crippen molar-refractivity contribution in [3.05, 3.63) is 0 Å². The largest absolute Gasteiger partial charge is 0.393 e. The van der Waals surface area contributed by atoms with Gasteiger partial charge in [0.25, 0.3) is 0 Å². The zero-order valence-corrected chi connectivity index (χ0v) is 5.76. The minimum absolute atomic E-state index is 0.371. The Morgan fingerprint density at radius 3 is 1.90 bits per heavy atom. The van der Waals surface area contributed by atoms with Gasteiger partial charge < -0.3 is 4.74 Å². The molecular weight excluding hydrogens is 132 g/mol. The first kappa shape index (κ1) is 7.25. The van der Waals surface area contributed by atoms with Crippen molar-refractivity contribution in [2.24, 2.45) is 0 Å². The number of carbonyl (C=O) groups is 2. The maximum absolute atomic E-state index is 10.6. The Morgan fingerprint density at radius 2 is 1.40 bits per heavy atom. The van der Waals surface area contributed by atoms with Gasteiger partial charge in [0.1, 0.15) is 0 Å². The van der Waals surface area contributed by atoms with Crippen molar-refractivity contribution in [1.82, 2.24) is 0 Å². The van der Waals surface area contributed by atoms with Gasteiger partial charge in [-0.2, -0.15) is 0 Å². The van der Waals surface area contributed by atoms with Gasteiger partial charge in [0, 0.05) is 12.8 Å². The minimum Gasteiger partial charge on any atom is -0.393 e. The van der Waals surface area contributed by atoms with Crippen molar-refractivity contribution in [2.45, 2.75) is 32.1 Å². The topological polar surface area (TPSA) is 43.4 Å². The summed E-state index contributed by atoms with van der Waals surface area (Å²) >= 11 is 0. The van der Waals surface area contributed by atoms with Crippen molar-refractivity contribution in [3.63, 3.8) is 0 Å². The van der Waals surface area contributed by atoms with E-state index in [-0.39, 0.29) is 11.9 Å². The minimum atomic E-state index is -0.371. The van der Waals surface area contributed by atoms with Gasteiger partial charge in [-0.15, -0.1) is 0 Å². The molecule has 0 unspecified atom stereocenters. The number of esters is 2. The third-order valence-electron chi connectivity index (χ3n) is 1.49. The van der Waals surface area contributed by atoms with Crippen LogP contribution in [-0.2, 0) is 14.3 Å². The third kappa shape index (κ3) is 2.17. The van der Waals surface area contributed by atoms with E-state index in [9.17, 15) is 9.59 Å². The molecule has 3 heteroatoms. The van der Waals surface area contributed by atoms with E-state index in [4.69, 9.17) is 0 Å². The van der Waals surface area contributed by atoms with Gasteiger partial charge >= 0.3 is 11.9 Å². The van der Waals surface area contributed by atoms with E-state index in [0.29, 0.717) is 12.8 Å². The van der Waals surface area contributed by atoms with E-state index >= 15 is 0 Å². The molecule has 1 rings (SSSR count). The summed E-state index contributed by atoms with van der Waals surface area (Å²) < 4.78 is 4.41. The molecule has 0 amide bonds. The molecule has 1 aliphatic rings. The van der Waals surface area contributed by atoms with Crippen molar-refractivity contribution >= 4 is 11.9 Å². The average Bonchev–Trinajstić information content (AvgIpc) is 1.83. The zero-order chi connectivity index (χ0) is 7.40. The van der Waals surface area contributed by atoms with Gasteiger partial charge in [-0.25, -0.2) is 0 Å². The van der Waals surface area contributed by atoms with E-state index < -0.39 is 0 Å². The molecule has 0 aromatic heterocycles. The molecule has 1 saturated heterocycles. The van der Waals surface area contributed by atoms with Crippen LogP contribution in [0.4, 0.5) is 0 Å². The molecule has 1 aliphatic heterocycles. The first-order valence-corrected chi connectivity index (χ1v) is 3.52. The lowest BCUT2D eigenvalue weighted by molar-refractivity contribution is -0.160. The molecule has 0 N–H and O–H groups in total. The summed E-state index contributed by atoms with van der Waals surface area (Å²) in [6, 6.07) is 0. The van der Waals surface area contributed by atoms with Crippen LogP contribution >= 0.6 is 0 Å². The van der Waals surface area contributed by atoms with Crippen LogP contribution < -0.4 is 0 Å². The van der Waals surface area contributed by atoms with Gasteiger partial charge in [-0.3, -0.25) is 9.59 Å². The summed E-state index contributed by atoms with van der Waals surface area (Å²) in [5.41, 5.74) is 0. The first-order chi connectivity index (χ1) is 4.79. The molecule has 0 aromatic carbocycles. The molecule has 10 heavy (non-hydrogen) atoms. The normalized spacial score (nSPS) is 21.2. The lowest BCUT2D eigenvalue weighted by atomic mass is 10.1. The molecule has 0 bridgehead atoms. The molecule has 3 nitrogen and oxygen atoms in total. The van der Waals surface area contributed by atoms with Crippen LogP contribution in [0.15, 0.2) is 0 Å². The highest BCUT2D eigenvalue weighted by molar-refractivity contribution is 5.85. The molecule has 0 aromatic rings. The predicted molar refractivity (Wildman–Crippen MR) is 34.2 cm³/mol. The van der Waals surface area contributed by atoms with Gasteiger partial charge in [-0.05, 0) is 12.8 Å². The van der Waals surface area contributed by atoms with Crippen LogP contribution in [0.2, 0.25) is 0 Å². The Morgan fingerprint density at radius 1 is 0.900 bits per heavy atom. The Balaban J connectivity index is 2.40. The van der Waals surface area contributed by atoms with Gasteiger partial charge in [0.15, 0.2) is 0 Å². The number of hydrogen-bond donors (Lipinski definition) is 0. The fraction of sp³-hybridized carbons (Fsp3) is 0.714. The highest BCUT2D eigenvalue weighted by Crippen LogP contribution is 2.09. The molecule has 0 radical (unpaired) electrons. The number of ether oxygens (including phenoxy) is 1. The molecule has 0 spiro atoms. The van der Waals surface area contributed by atoms with Crippen molar-refractivity contribution in [1.29, 1.82) is 0 Å². The maximum atomic E-state index is 10.6. The van der Waals surface area contributed by atoms with Crippen molar-refractivity contribution < 1.29 is 14.3 Å². The average molecular weight is 142 g/mol. The lowest BCUT2D eigenvalue weighted by Crippen LogP contribution is -2.13. The number of cyclic esters (lactones) is 2. The van der Waals surface area contributed by atoms with Crippen LogP contribution in [0.3, 0.4) is 0 Å². The van der Waals surface area contributed by atoms with Crippen LogP contribution in [0.1, 0.15) is 32.1 Å². The van der Waals surface area contributed by atoms with Gasteiger partial charge in [0.05, 0.1) is 0 Å². The van der Waals surface area contributed by atoms with E-state index in [2.05, 4.69) is 4.74 Å². The second kappa shape index (κ2) is 3.34. The standard InChI is InChI=1S/C7H10O3/c8-6-4-2-1-3-5-7(9)10-6/h1-5H2. The fourth-order valence-electron chi connectivity index (χ4n) is 0.944. The number of rotatable bonds is 0. The molecule has 0 saturated carbocycles. The number of carbonyl (C=O) groups excluding carboxylic acids is 2. The quantitative estimate of drug-likeness (QED) is 0.374. The van der Waals surface area contributed by atoms with Crippen molar-refractivity contribution in [3.8, 4) is 0 Å². The van der Waals surface area contributed by atoms with E-state index in [0.717, 1.165) is 19.3 Å². The molecule has 1 heterocycles. The van der Waals surface area contributed by atoms with Gasteiger partial charge in [-0.1, -0.05) is 6.42 Å². The molecule has 0 atom stereocenters. The van der Waals surface area contributed by atoms with Gasteiger partial charge in [0.2, 0.25) is 0 Å². The highest BCUT2D eigenvalue weighted by Gasteiger charge is 2.12. The molecule has 1 fully saturated rings. The smallest absolute Gasteiger partial charge is 0.313 e. The van der Waals surface area contributed by atoms with Crippen LogP contribution in [0.5, 0.6) is 0 Å². The molecule has 0 aliphatic carbocycles. The van der Waals surface area contributed by atoms with E-state index in [1.807, 2.05) is 0 Å². The first-order valence-electron chi connectivity index (χ1n) is 3.52. The monoisotopic (exact) mass is 142 g/mol. The van der Waals surface area contributed by atoms with E-state index in [1.165, 1.54) is 0 Å². The SMILES string of the molecule is O=C1CCCCCC(=O)O1. The summed E-state index contributed by atoms with van der Waals surface area (Å²) in [6.07, 6.45) is 3.45. The Bertz CT molecular complexity index is 135. The second-order valence-corrected chi connectivity index (χ2v) is 2.41. The predicted octanol–water partition coefficient (Wildman–Crippen LogP) is 1.02. The Kier molecular flexibility index (Phi) is 2.42. The number of hydrogen-bond acceptors (Lipinski definition) is 3. The van der Waals surface area contributed by atoms with Crippen LogP contribution in [0.25, 0.3) is 0 Å². The summed E-state index contributed by atoms with van der Waals surface area (Å²) in [6.45, 7) is 0. The fourth-order valence-corrected chi connectivity index (χ4v) is 0.944. The van der Waals surface area contributed by atoms with Crippen LogP contribution in [-0.4, -0.2) is 11.9 Å². The summed E-state index contributed by atoms with van der Waals surface area (Å²) in [5.74, 6) is -0.741. The Hall–Kier alpha value is -0.860. The Labute approximate surface area is 59.4 Å². The highest BCUT2D eigenvalue weighted by atomic mass is 16.6. The lowest BCUT2D eigenvalue weighted by Gasteiger charge is -2.06. The second-order valence-electron chi connectivity index (χ2n) is 2.41. The summed E-state index contributed by atoms with van der Waals surface area (Å²) in [5, 5.41) is 0. The van der Waals surface area contributed by atoms with E-state index in [1.54, 1.807) is 0 Å². The maximum Gasteiger partial charge on any atom is 0.313 e. The van der Waals surface area contributed by atoms with Crippen LogP contribution in [0, 0.1) is 0 Å². The molecular formula is C7H10O3. The summed E-state index contributed by atoms with van der Waals surface area (Å²) in [7, 11) is 0.